The highest BCUT2D eigenvalue weighted by Gasteiger charge is 2.50. The van der Waals surface area contributed by atoms with Crippen molar-refractivity contribution in [2.75, 3.05) is 30.6 Å². The topological polar surface area (TPSA) is 85.3 Å². The fraction of sp³-hybridized carbons (Fsp3) is 0.467. The Labute approximate surface area is 155 Å². The van der Waals surface area contributed by atoms with Crippen LogP contribution < -0.4 is 14.4 Å². The van der Waals surface area contributed by atoms with Crippen LogP contribution in [0.15, 0.2) is 17.1 Å². The van der Waals surface area contributed by atoms with Crippen molar-refractivity contribution in [1.82, 2.24) is 0 Å². The molecular formula is C15H17ClN2O5S2. The lowest BCUT2D eigenvalue weighted by Gasteiger charge is -2.26. The summed E-state index contributed by atoms with van der Waals surface area (Å²) in [7, 11) is -0.147. The second-order valence-corrected chi connectivity index (χ2v) is 9.51. The molecule has 136 valence electrons. The number of nitrogens with zero attached hydrogens (tertiary/aromatic N) is 2. The minimum Gasteiger partial charge on any atom is -0.495 e. The van der Waals surface area contributed by atoms with E-state index in [2.05, 4.69) is 4.99 Å². The van der Waals surface area contributed by atoms with E-state index < -0.39 is 9.84 Å². The first kappa shape index (κ1) is 18.3. The molecule has 3 rings (SSSR count). The van der Waals surface area contributed by atoms with Gasteiger partial charge in [0.2, 0.25) is 5.91 Å². The van der Waals surface area contributed by atoms with Gasteiger partial charge >= 0.3 is 0 Å². The minimum absolute atomic E-state index is 0.00556. The summed E-state index contributed by atoms with van der Waals surface area (Å²) in [4.78, 5) is 17.3. The summed E-state index contributed by atoms with van der Waals surface area (Å²) in [6.07, 6.45) is 0. The zero-order valence-corrected chi connectivity index (χ0v) is 16.2. The smallest absolute Gasteiger partial charge is 0.244 e. The van der Waals surface area contributed by atoms with Gasteiger partial charge in [-0.15, -0.1) is 0 Å². The van der Waals surface area contributed by atoms with E-state index in [1.807, 2.05) is 0 Å². The monoisotopic (exact) mass is 404 g/mol. The Morgan fingerprint density at radius 1 is 1.28 bits per heavy atom. The van der Waals surface area contributed by atoms with Crippen molar-refractivity contribution in [1.29, 1.82) is 0 Å². The van der Waals surface area contributed by atoms with Crippen LogP contribution in [0.5, 0.6) is 11.5 Å². The number of ether oxygens (including phenoxy) is 2. The number of halogens is 1. The normalized spacial score (nSPS) is 25.9. The van der Waals surface area contributed by atoms with Gasteiger partial charge in [0.15, 0.2) is 15.0 Å². The van der Waals surface area contributed by atoms with Gasteiger partial charge in [-0.3, -0.25) is 4.79 Å². The van der Waals surface area contributed by atoms with Crippen LogP contribution in [0.25, 0.3) is 0 Å². The number of thioether (sulfide) groups is 1. The van der Waals surface area contributed by atoms with Crippen molar-refractivity contribution in [2.45, 2.75) is 18.2 Å². The number of aliphatic imine (C=N–C) groups is 1. The largest absolute Gasteiger partial charge is 0.495 e. The van der Waals surface area contributed by atoms with Crippen LogP contribution in [0, 0.1) is 0 Å². The lowest BCUT2D eigenvalue weighted by Crippen LogP contribution is -2.38. The van der Waals surface area contributed by atoms with Gasteiger partial charge < -0.3 is 14.4 Å². The molecule has 0 bridgehead atoms. The Morgan fingerprint density at radius 3 is 2.56 bits per heavy atom. The Kier molecular flexibility index (Phi) is 4.91. The molecule has 0 aromatic heterocycles. The first-order valence-corrected chi connectivity index (χ1v) is 10.5. The number of fused-ring (bicyclic) bond motifs is 1. The van der Waals surface area contributed by atoms with Gasteiger partial charge in [-0.2, -0.15) is 4.99 Å². The Bertz CT molecular complexity index is 856. The molecule has 2 saturated heterocycles. The van der Waals surface area contributed by atoms with Gasteiger partial charge in [-0.1, -0.05) is 23.4 Å². The summed E-state index contributed by atoms with van der Waals surface area (Å²) in [5, 5.41) is 0.625. The fourth-order valence-electron chi connectivity index (χ4n) is 3.01. The van der Waals surface area contributed by atoms with Gasteiger partial charge in [-0.25, -0.2) is 8.42 Å². The second kappa shape index (κ2) is 6.69. The Hall–Kier alpha value is -1.45. The van der Waals surface area contributed by atoms with E-state index in [1.54, 1.807) is 17.0 Å². The zero-order chi connectivity index (χ0) is 18.4. The molecule has 1 aromatic rings. The van der Waals surface area contributed by atoms with E-state index in [-0.39, 0.29) is 28.7 Å². The van der Waals surface area contributed by atoms with Gasteiger partial charge in [0, 0.05) is 18.2 Å². The summed E-state index contributed by atoms with van der Waals surface area (Å²) in [6, 6.07) is 2.94. The van der Waals surface area contributed by atoms with E-state index in [0.29, 0.717) is 27.4 Å². The lowest BCUT2D eigenvalue weighted by atomic mass is 10.2. The second-order valence-electron chi connectivity index (χ2n) is 5.74. The third-order valence-electron chi connectivity index (χ3n) is 4.03. The number of hydrogen-bond acceptors (Lipinski definition) is 6. The van der Waals surface area contributed by atoms with Crippen molar-refractivity contribution >= 4 is 50.0 Å². The van der Waals surface area contributed by atoms with E-state index in [0.717, 1.165) is 0 Å². The predicted molar refractivity (Wildman–Crippen MR) is 99.0 cm³/mol. The maximum absolute atomic E-state index is 12.0. The molecule has 7 nitrogen and oxygen atoms in total. The van der Waals surface area contributed by atoms with Crippen molar-refractivity contribution in [3.63, 3.8) is 0 Å². The van der Waals surface area contributed by atoms with Crippen LogP contribution in [-0.2, 0) is 14.6 Å². The number of sulfone groups is 1. The van der Waals surface area contributed by atoms with Crippen molar-refractivity contribution in [2.24, 2.45) is 4.99 Å². The van der Waals surface area contributed by atoms with Crippen LogP contribution >= 0.6 is 23.4 Å². The number of carbonyl (C=O) groups is 1. The van der Waals surface area contributed by atoms with E-state index >= 15 is 0 Å². The molecule has 0 saturated carbocycles. The predicted octanol–water partition coefficient (Wildman–Crippen LogP) is 1.98. The quantitative estimate of drug-likeness (QED) is 0.761. The SMILES string of the molecule is COc1cc(OC)c(N2C(=NC(C)=O)S[C@@H]3CS(=O)(=O)C[C@@H]32)cc1Cl. The molecule has 0 unspecified atom stereocenters. The van der Waals surface area contributed by atoms with Crippen molar-refractivity contribution in [3.8, 4) is 11.5 Å². The highest BCUT2D eigenvalue weighted by atomic mass is 35.5. The average Bonchev–Trinajstić information content (AvgIpc) is 2.97. The average molecular weight is 405 g/mol. The van der Waals surface area contributed by atoms with Crippen molar-refractivity contribution in [3.05, 3.63) is 17.2 Å². The number of carbonyl (C=O) groups excluding carboxylic acids is 1. The number of methoxy groups -OCH3 is 2. The van der Waals surface area contributed by atoms with Gasteiger partial charge in [-0.05, 0) is 6.07 Å². The first-order chi connectivity index (χ1) is 11.8. The summed E-state index contributed by atoms with van der Waals surface area (Å²) in [6.45, 7) is 1.36. The van der Waals surface area contributed by atoms with E-state index in [1.165, 1.54) is 32.9 Å². The summed E-state index contributed by atoms with van der Waals surface area (Å²) in [5.74, 6) is 0.600. The third-order valence-corrected chi connectivity index (χ3v) is 7.54. The van der Waals surface area contributed by atoms with E-state index in [9.17, 15) is 13.2 Å². The first-order valence-electron chi connectivity index (χ1n) is 7.43. The van der Waals surface area contributed by atoms with Crippen LogP contribution in [0.1, 0.15) is 6.92 Å². The number of benzene rings is 1. The summed E-state index contributed by atoms with van der Waals surface area (Å²) in [5.41, 5.74) is 0.561. The number of amides is 1. The molecule has 1 aromatic carbocycles. The molecule has 0 aliphatic carbocycles. The molecule has 1 amide bonds. The standard InChI is InChI=1S/C15H17ClN2O5S2/c1-8(19)17-15-18(11-6-25(20,21)7-14(11)24-15)10-4-9(16)12(22-2)5-13(10)23-3/h4-5,11,14H,6-7H2,1-3H3/t11-,14+/m0/s1. The molecule has 10 heteroatoms. The summed E-state index contributed by atoms with van der Waals surface area (Å²) >= 11 is 7.55. The number of hydrogen-bond donors (Lipinski definition) is 0. The molecular weight excluding hydrogens is 388 g/mol. The Morgan fingerprint density at radius 2 is 1.96 bits per heavy atom. The highest BCUT2D eigenvalue weighted by molar-refractivity contribution is 8.16. The molecule has 0 N–H and O–H groups in total. The van der Waals surface area contributed by atoms with Crippen LogP contribution in [0.4, 0.5) is 5.69 Å². The fourth-order valence-corrected chi connectivity index (χ4v) is 7.20. The molecule has 2 aliphatic rings. The Balaban J connectivity index is 2.14. The molecule has 0 spiro atoms. The molecule has 0 radical (unpaired) electrons. The number of rotatable bonds is 3. The summed E-state index contributed by atoms with van der Waals surface area (Å²) < 4.78 is 34.7. The molecule has 25 heavy (non-hydrogen) atoms. The van der Waals surface area contributed by atoms with E-state index in [4.69, 9.17) is 21.1 Å². The van der Waals surface area contributed by atoms with Crippen LogP contribution in [-0.4, -0.2) is 56.5 Å². The number of anilines is 1. The van der Waals surface area contributed by atoms with Crippen molar-refractivity contribution < 1.29 is 22.7 Å². The highest BCUT2D eigenvalue weighted by Crippen LogP contribution is 2.46. The zero-order valence-electron chi connectivity index (χ0n) is 13.9. The van der Waals surface area contributed by atoms with Gasteiger partial charge in [0.05, 0.1) is 42.5 Å². The van der Waals surface area contributed by atoms with Crippen LogP contribution in [0.3, 0.4) is 0 Å². The lowest BCUT2D eigenvalue weighted by molar-refractivity contribution is -0.115. The van der Waals surface area contributed by atoms with Gasteiger partial charge in [0.1, 0.15) is 11.5 Å². The number of amidine groups is 1. The molecule has 2 fully saturated rings. The third kappa shape index (κ3) is 3.45. The minimum atomic E-state index is -3.14. The maximum atomic E-state index is 12.0. The molecule has 2 heterocycles. The molecule has 2 atom stereocenters. The van der Waals surface area contributed by atoms with Gasteiger partial charge in [0.25, 0.3) is 0 Å². The maximum Gasteiger partial charge on any atom is 0.244 e. The van der Waals surface area contributed by atoms with Crippen LogP contribution in [0.2, 0.25) is 5.02 Å². The molecule has 2 aliphatic heterocycles.